The molecule has 4 rings (SSSR count). The van der Waals surface area contributed by atoms with Crippen LogP contribution < -0.4 is 4.68 Å². The zero-order valence-corrected chi connectivity index (χ0v) is 18.2. The minimum Gasteiger partial charge on any atom is -0.487 e. The van der Waals surface area contributed by atoms with Gasteiger partial charge >= 0.3 is 0 Å². The van der Waals surface area contributed by atoms with E-state index in [4.69, 9.17) is 0 Å². The van der Waals surface area contributed by atoms with Crippen molar-refractivity contribution >= 4 is 22.7 Å². The Hall–Kier alpha value is -1.45. The van der Waals surface area contributed by atoms with Gasteiger partial charge in [-0.2, -0.15) is 16.6 Å². The van der Waals surface area contributed by atoms with Crippen molar-refractivity contribution in [3.8, 4) is 11.3 Å². The summed E-state index contributed by atoms with van der Waals surface area (Å²) in [5.74, 6) is 0.484. The molecule has 129 valence electrons. The third-order valence-corrected chi connectivity index (χ3v) is 5.15. The van der Waals surface area contributed by atoms with E-state index in [1.165, 1.54) is 42.0 Å². The zero-order chi connectivity index (χ0) is 17.2. The predicted octanol–water partition coefficient (Wildman–Crippen LogP) is 4.60. The van der Waals surface area contributed by atoms with E-state index in [1.54, 1.807) is 6.20 Å². The van der Waals surface area contributed by atoms with Gasteiger partial charge in [-0.1, -0.05) is 68.0 Å². The van der Waals surface area contributed by atoms with Crippen molar-refractivity contribution in [3.05, 3.63) is 54.2 Å². The van der Waals surface area contributed by atoms with Crippen molar-refractivity contribution in [1.29, 1.82) is 0 Å². The first-order valence-electron chi connectivity index (χ1n) is 8.96. The van der Waals surface area contributed by atoms with E-state index in [9.17, 15) is 0 Å². The number of hydrogen-bond acceptors (Lipinski definition) is 2. The summed E-state index contributed by atoms with van der Waals surface area (Å²) >= 11 is 0. The van der Waals surface area contributed by atoms with Gasteiger partial charge in [-0.3, -0.25) is 6.07 Å². The van der Waals surface area contributed by atoms with Gasteiger partial charge < -0.3 is 4.99 Å². The van der Waals surface area contributed by atoms with Gasteiger partial charge in [-0.15, -0.1) is 0 Å². The molecule has 1 aromatic heterocycles. The molecule has 0 aliphatic heterocycles. The van der Waals surface area contributed by atoms with E-state index in [0.717, 1.165) is 16.9 Å². The minimum atomic E-state index is 0. The van der Waals surface area contributed by atoms with Gasteiger partial charge in [0.05, 0.1) is 0 Å². The first-order valence-corrected chi connectivity index (χ1v) is 8.96. The number of benzene rings is 2. The molecule has 0 bridgehead atoms. The number of aromatic nitrogens is 2. The van der Waals surface area contributed by atoms with Gasteiger partial charge in [0.25, 0.3) is 0 Å². The summed E-state index contributed by atoms with van der Waals surface area (Å²) in [7, 11) is 1.96. The number of fused-ring (bicyclic) bond motifs is 1. The Morgan fingerprint density at radius 3 is 2.73 bits per heavy atom. The Labute approximate surface area is 180 Å². The van der Waals surface area contributed by atoms with E-state index in [0.29, 0.717) is 5.92 Å². The second-order valence-corrected chi connectivity index (χ2v) is 6.79. The summed E-state index contributed by atoms with van der Waals surface area (Å²) in [5, 5.41) is 6.90. The average Bonchev–Trinajstić information content (AvgIpc) is 3.15. The van der Waals surface area contributed by atoms with Crippen molar-refractivity contribution in [2.45, 2.75) is 32.6 Å². The molecule has 1 aliphatic carbocycles. The average molecular weight is 417 g/mol. The van der Waals surface area contributed by atoms with Gasteiger partial charge in [0.15, 0.2) is 0 Å². The van der Waals surface area contributed by atoms with Gasteiger partial charge in [-0.05, 0) is 40.1 Å². The van der Waals surface area contributed by atoms with Crippen molar-refractivity contribution in [1.82, 2.24) is 5.10 Å². The number of nitrogens with zero attached hydrogens (tertiary/aromatic N) is 3. The van der Waals surface area contributed by atoms with Crippen molar-refractivity contribution in [2.75, 3.05) is 0 Å². The topological polar surface area (TPSA) is 29.1 Å². The first-order chi connectivity index (χ1) is 12.2. The Morgan fingerprint density at radius 2 is 1.92 bits per heavy atom. The summed E-state index contributed by atoms with van der Waals surface area (Å²) in [6, 6.07) is 16.0. The molecule has 2 aromatic carbocycles. The summed E-state index contributed by atoms with van der Waals surface area (Å²) < 4.78 is 1.89. The zero-order valence-electron chi connectivity index (χ0n) is 15.4. The van der Waals surface area contributed by atoms with E-state index < -0.39 is 0 Å². The molecule has 0 unspecified atom stereocenters. The maximum absolute atomic E-state index is 4.68. The van der Waals surface area contributed by atoms with E-state index >= 15 is 0 Å². The van der Waals surface area contributed by atoms with E-state index in [1.807, 2.05) is 11.7 Å². The van der Waals surface area contributed by atoms with Crippen LogP contribution in [0.3, 0.4) is 0 Å². The van der Waals surface area contributed by atoms with Crippen LogP contribution in [0.4, 0.5) is 5.69 Å². The van der Waals surface area contributed by atoms with Gasteiger partial charge in [0, 0.05) is 38.4 Å². The quantitative estimate of drug-likeness (QED) is 0.348. The van der Waals surface area contributed by atoms with Crippen LogP contribution in [0, 0.1) is 18.9 Å². The second kappa shape index (κ2) is 8.50. The van der Waals surface area contributed by atoms with Crippen molar-refractivity contribution < 1.29 is 37.4 Å². The Morgan fingerprint density at radius 1 is 1.15 bits per heavy atom. The Balaban J connectivity index is 0.00000196. The van der Waals surface area contributed by atoms with Crippen LogP contribution in [0.25, 0.3) is 22.0 Å². The first kappa shape index (κ1) is 19.3. The third kappa shape index (κ3) is 3.79. The maximum Gasteiger partial charge on any atom is 0.145 e. The molecule has 0 saturated heterocycles. The third-order valence-electron chi connectivity index (χ3n) is 5.15. The fourth-order valence-electron chi connectivity index (χ4n) is 3.74. The van der Waals surface area contributed by atoms with E-state index in [2.05, 4.69) is 65.7 Å². The minimum absolute atomic E-state index is 0. The standard InChI is InChI=1S/C22H22N3.Y/c1-16-19-10-6-5-9-18(19)11-12-20(16)22-21(13-14-24-25(22)2)23-15-17-7-3-4-8-17;/h5-6,9-12,14,17H,3-4,7-8H2,1-2H3;/q-1;. The summed E-state index contributed by atoms with van der Waals surface area (Å²) in [6.45, 7) is 2.17. The van der Waals surface area contributed by atoms with Gasteiger partial charge in [0.2, 0.25) is 0 Å². The monoisotopic (exact) mass is 417 g/mol. The number of hydrogen-bond donors (Lipinski definition) is 0. The van der Waals surface area contributed by atoms with Crippen LogP contribution >= 0.6 is 0 Å². The Kier molecular flexibility index (Phi) is 6.31. The molecule has 0 amide bonds. The smallest absolute Gasteiger partial charge is 0.145 e. The van der Waals surface area contributed by atoms with Crippen molar-refractivity contribution in [2.24, 2.45) is 18.0 Å². The van der Waals surface area contributed by atoms with Crippen LogP contribution in [0.15, 0.2) is 47.6 Å². The molecular weight excluding hydrogens is 395 g/mol. The van der Waals surface area contributed by atoms with Crippen LogP contribution in [0.5, 0.6) is 0 Å². The van der Waals surface area contributed by atoms with Gasteiger partial charge in [-0.25, -0.2) is 0 Å². The molecule has 26 heavy (non-hydrogen) atoms. The van der Waals surface area contributed by atoms with Crippen LogP contribution in [-0.2, 0) is 39.8 Å². The summed E-state index contributed by atoms with van der Waals surface area (Å²) in [5.41, 5.74) is 4.21. The molecule has 3 aromatic rings. The fourth-order valence-corrected chi connectivity index (χ4v) is 3.74. The molecule has 0 spiro atoms. The predicted molar refractivity (Wildman–Crippen MR) is 101 cm³/mol. The maximum atomic E-state index is 4.68. The molecule has 3 nitrogen and oxygen atoms in total. The number of rotatable bonds is 3. The van der Waals surface area contributed by atoms with E-state index in [-0.39, 0.29) is 32.7 Å². The SMILES string of the molecule is Cc1c(-c2c(N=[C-]C3CCCC3)[c-]cn[n+]2C)ccc2ccccc12.[Y]. The molecule has 0 atom stereocenters. The number of aliphatic imine (C=N–C) groups is 1. The molecule has 1 aliphatic rings. The molecule has 1 fully saturated rings. The molecule has 4 heteroatoms. The second-order valence-electron chi connectivity index (χ2n) is 6.79. The van der Waals surface area contributed by atoms with Gasteiger partial charge in [0.1, 0.15) is 7.05 Å². The molecule has 0 N–H and O–H groups in total. The van der Waals surface area contributed by atoms with Crippen LogP contribution in [0.2, 0.25) is 0 Å². The van der Waals surface area contributed by atoms with Crippen LogP contribution in [-0.4, -0.2) is 11.3 Å². The molecular formula is C22H22N3Y-. The molecule has 1 saturated carbocycles. The Bertz CT molecular complexity index is 943. The number of aryl methyl sites for hydroxylation is 2. The van der Waals surface area contributed by atoms with Crippen molar-refractivity contribution in [3.63, 3.8) is 0 Å². The molecule has 1 heterocycles. The normalized spacial score (nSPS) is 14.8. The van der Waals surface area contributed by atoms with Crippen LogP contribution in [0.1, 0.15) is 31.2 Å². The fraction of sp³-hybridized carbons (Fsp3) is 0.318. The molecule has 1 radical (unpaired) electrons. The summed E-state index contributed by atoms with van der Waals surface area (Å²) in [6.07, 6.45) is 10.0. The summed E-state index contributed by atoms with van der Waals surface area (Å²) in [4.78, 5) is 4.68. The largest absolute Gasteiger partial charge is 0.487 e.